The molecule has 0 radical (unpaired) electrons. The SMILES string of the molecule is C=CCN1C(=O)C(=C2Sc3ccccc3N2C)SC1=Nc1ccc([N+](=O)[O-])cc1. The second-order valence-corrected chi connectivity index (χ2v) is 8.25. The summed E-state index contributed by atoms with van der Waals surface area (Å²) < 4.78 is 0. The molecule has 29 heavy (non-hydrogen) atoms. The molecule has 0 spiro atoms. The summed E-state index contributed by atoms with van der Waals surface area (Å²) in [6, 6.07) is 13.9. The van der Waals surface area contributed by atoms with Gasteiger partial charge in [0.2, 0.25) is 0 Å². The molecule has 4 rings (SSSR count). The number of hydrogen-bond donors (Lipinski definition) is 0. The molecule has 0 atom stereocenters. The zero-order chi connectivity index (χ0) is 20.5. The first-order valence-corrected chi connectivity index (χ1v) is 10.3. The minimum absolute atomic E-state index is 0.00315. The second-order valence-electron chi connectivity index (χ2n) is 6.24. The third-order valence-electron chi connectivity index (χ3n) is 4.39. The zero-order valence-electron chi connectivity index (χ0n) is 15.4. The van der Waals surface area contributed by atoms with Gasteiger partial charge in [0.1, 0.15) is 4.91 Å². The Morgan fingerprint density at radius 2 is 1.90 bits per heavy atom. The third kappa shape index (κ3) is 3.54. The largest absolute Gasteiger partial charge is 0.337 e. The van der Waals surface area contributed by atoms with E-state index in [4.69, 9.17) is 0 Å². The number of carbonyl (C=O) groups is 1. The molecule has 146 valence electrons. The summed E-state index contributed by atoms with van der Waals surface area (Å²) in [7, 11) is 1.94. The van der Waals surface area contributed by atoms with E-state index in [1.165, 1.54) is 23.9 Å². The van der Waals surface area contributed by atoms with E-state index in [0.717, 1.165) is 15.6 Å². The van der Waals surface area contributed by atoms with Crippen molar-refractivity contribution in [2.45, 2.75) is 4.90 Å². The van der Waals surface area contributed by atoms with Gasteiger partial charge in [0.25, 0.3) is 11.6 Å². The maximum Gasteiger partial charge on any atom is 0.269 e. The molecule has 0 unspecified atom stereocenters. The number of aliphatic imine (C=N–C) groups is 1. The van der Waals surface area contributed by atoms with Crippen molar-refractivity contribution in [3.05, 3.63) is 81.2 Å². The van der Waals surface area contributed by atoms with Gasteiger partial charge < -0.3 is 4.90 Å². The number of amides is 1. The van der Waals surface area contributed by atoms with Crippen molar-refractivity contribution in [1.82, 2.24) is 4.90 Å². The molecule has 2 aromatic rings. The maximum absolute atomic E-state index is 13.1. The first-order chi connectivity index (χ1) is 14.0. The molecule has 9 heteroatoms. The lowest BCUT2D eigenvalue weighted by Gasteiger charge is -2.15. The normalized spacial score (nSPS) is 19.8. The number of para-hydroxylation sites is 1. The quantitative estimate of drug-likeness (QED) is 0.305. The van der Waals surface area contributed by atoms with Crippen molar-refractivity contribution in [3.8, 4) is 0 Å². The standard InChI is InChI=1S/C20H16N4O3S2/c1-3-12-23-18(25)17(19-22(2)15-6-4-5-7-16(15)28-19)29-20(23)21-13-8-10-14(11-9-13)24(26)27/h3-11H,1,12H2,2H3. The molecule has 2 aliphatic heterocycles. The van der Waals surface area contributed by atoms with Gasteiger partial charge in [-0.2, -0.15) is 0 Å². The highest BCUT2D eigenvalue weighted by Crippen LogP contribution is 2.49. The minimum atomic E-state index is -0.456. The van der Waals surface area contributed by atoms with Gasteiger partial charge in [-0.3, -0.25) is 19.8 Å². The average molecular weight is 425 g/mol. The number of nitrogens with zero attached hydrogens (tertiary/aromatic N) is 4. The number of anilines is 1. The number of nitro groups is 1. The first-order valence-electron chi connectivity index (χ1n) is 8.68. The number of fused-ring (bicyclic) bond motifs is 1. The zero-order valence-corrected chi connectivity index (χ0v) is 17.1. The fourth-order valence-electron chi connectivity index (χ4n) is 2.97. The molecular formula is C20H16N4O3S2. The first kappa shape index (κ1) is 19.3. The van der Waals surface area contributed by atoms with E-state index >= 15 is 0 Å². The van der Waals surface area contributed by atoms with Crippen LogP contribution < -0.4 is 4.90 Å². The predicted octanol–water partition coefficient (Wildman–Crippen LogP) is 4.75. The molecule has 1 saturated heterocycles. The van der Waals surface area contributed by atoms with Crippen LogP contribution in [0.1, 0.15) is 0 Å². The summed E-state index contributed by atoms with van der Waals surface area (Å²) in [6.45, 7) is 4.07. The minimum Gasteiger partial charge on any atom is -0.337 e. The van der Waals surface area contributed by atoms with Crippen LogP contribution in [0.25, 0.3) is 0 Å². The van der Waals surface area contributed by atoms with Crippen molar-refractivity contribution < 1.29 is 9.72 Å². The Morgan fingerprint density at radius 3 is 2.55 bits per heavy atom. The molecule has 0 aromatic heterocycles. The third-order valence-corrected chi connectivity index (χ3v) is 6.82. The molecular weight excluding hydrogens is 408 g/mol. The van der Waals surface area contributed by atoms with E-state index < -0.39 is 4.92 Å². The number of nitro benzene ring substituents is 1. The topological polar surface area (TPSA) is 79.0 Å². The van der Waals surface area contributed by atoms with Crippen LogP contribution in [0.2, 0.25) is 0 Å². The molecule has 1 amide bonds. The van der Waals surface area contributed by atoms with Crippen molar-refractivity contribution in [2.24, 2.45) is 4.99 Å². The van der Waals surface area contributed by atoms with Crippen LogP contribution in [0.5, 0.6) is 0 Å². The Kier molecular flexibility index (Phi) is 5.16. The summed E-state index contributed by atoms with van der Waals surface area (Å²) in [5.41, 5.74) is 1.60. The van der Waals surface area contributed by atoms with Gasteiger partial charge in [-0.25, -0.2) is 4.99 Å². The van der Waals surface area contributed by atoms with Crippen LogP contribution in [0.4, 0.5) is 17.1 Å². The van der Waals surface area contributed by atoms with Crippen molar-refractivity contribution >= 4 is 51.7 Å². The summed E-state index contributed by atoms with van der Waals surface area (Å²) in [5.74, 6) is -0.127. The fourth-order valence-corrected chi connectivity index (χ4v) is 5.32. The molecule has 2 aromatic carbocycles. The monoisotopic (exact) mass is 424 g/mol. The number of non-ortho nitro benzene ring substituents is 1. The van der Waals surface area contributed by atoms with Crippen LogP contribution in [0.3, 0.4) is 0 Å². The number of hydrogen-bond acceptors (Lipinski definition) is 7. The number of rotatable bonds is 4. The molecule has 0 aliphatic carbocycles. The molecule has 7 nitrogen and oxygen atoms in total. The molecule has 2 heterocycles. The number of amidine groups is 1. The Balaban J connectivity index is 1.70. The lowest BCUT2D eigenvalue weighted by Crippen LogP contribution is -2.29. The van der Waals surface area contributed by atoms with Crippen LogP contribution in [-0.2, 0) is 4.79 Å². The van der Waals surface area contributed by atoms with E-state index in [-0.39, 0.29) is 11.6 Å². The van der Waals surface area contributed by atoms with Crippen LogP contribution in [-0.4, -0.2) is 34.5 Å². The lowest BCUT2D eigenvalue weighted by molar-refractivity contribution is -0.384. The van der Waals surface area contributed by atoms with Crippen LogP contribution in [0.15, 0.2) is 81.0 Å². The summed E-state index contributed by atoms with van der Waals surface area (Å²) in [4.78, 5) is 33.3. The lowest BCUT2D eigenvalue weighted by atomic mass is 10.3. The van der Waals surface area contributed by atoms with E-state index in [1.807, 2.05) is 36.2 Å². The highest BCUT2D eigenvalue weighted by Gasteiger charge is 2.38. The van der Waals surface area contributed by atoms with E-state index in [9.17, 15) is 14.9 Å². The summed E-state index contributed by atoms with van der Waals surface area (Å²) in [5, 5.41) is 12.2. The van der Waals surface area contributed by atoms with Crippen molar-refractivity contribution in [3.63, 3.8) is 0 Å². The fraction of sp³-hybridized carbons (Fsp3) is 0.100. The number of benzene rings is 2. The Hall–Kier alpha value is -3.04. The van der Waals surface area contributed by atoms with Gasteiger partial charge in [-0.05, 0) is 36.0 Å². The highest BCUT2D eigenvalue weighted by atomic mass is 32.2. The van der Waals surface area contributed by atoms with Gasteiger partial charge in [-0.1, -0.05) is 30.0 Å². The van der Waals surface area contributed by atoms with Gasteiger partial charge in [0.15, 0.2) is 5.17 Å². The second kappa shape index (κ2) is 7.76. The molecule has 0 saturated carbocycles. The predicted molar refractivity (Wildman–Crippen MR) is 117 cm³/mol. The molecule has 1 fully saturated rings. The van der Waals surface area contributed by atoms with Gasteiger partial charge >= 0.3 is 0 Å². The Labute approximate surface area is 175 Å². The van der Waals surface area contributed by atoms with Crippen LogP contribution in [0, 0.1) is 10.1 Å². The van der Waals surface area contributed by atoms with Crippen LogP contribution >= 0.6 is 23.5 Å². The molecule has 0 N–H and O–H groups in total. The van der Waals surface area contributed by atoms with Crippen molar-refractivity contribution in [1.29, 1.82) is 0 Å². The molecule has 2 aliphatic rings. The van der Waals surface area contributed by atoms with E-state index in [0.29, 0.717) is 22.3 Å². The Bertz CT molecular complexity index is 1080. The summed E-state index contributed by atoms with van der Waals surface area (Å²) >= 11 is 2.87. The maximum atomic E-state index is 13.1. The average Bonchev–Trinajstić information content (AvgIpc) is 3.20. The van der Waals surface area contributed by atoms with Crippen molar-refractivity contribution in [2.75, 3.05) is 18.5 Å². The van der Waals surface area contributed by atoms with E-state index in [1.54, 1.807) is 34.9 Å². The Morgan fingerprint density at radius 1 is 1.17 bits per heavy atom. The number of thioether (sulfide) groups is 2. The van der Waals surface area contributed by atoms with Gasteiger partial charge in [0.05, 0.1) is 21.3 Å². The number of carbonyl (C=O) groups excluding carboxylic acids is 1. The van der Waals surface area contributed by atoms with Gasteiger partial charge in [-0.15, -0.1) is 6.58 Å². The summed E-state index contributed by atoms with van der Waals surface area (Å²) in [6.07, 6.45) is 1.65. The van der Waals surface area contributed by atoms with E-state index in [2.05, 4.69) is 11.6 Å². The molecule has 0 bridgehead atoms. The van der Waals surface area contributed by atoms with Gasteiger partial charge in [0, 0.05) is 30.6 Å². The highest BCUT2D eigenvalue weighted by molar-refractivity contribution is 8.19. The smallest absolute Gasteiger partial charge is 0.269 e.